The van der Waals surface area contributed by atoms with Crippen molar-refractivity contribution in [2.24, 2.45) is 0 Å². The van der Waals surface area contributed by atoms with Crippen molar-refractivity contribution in [2.45, 2.75) is 13.8 Å². The Morgan fingerprint density at radius 2 is 1.90 bits per heavy atom. The van der Waals surface area contributed by atoms with Crippen LogP contribution in [0.3, 0.4) is 0 Å². The van der Waals surface area contributed by atoms with E-state index in [-0.39, 0.29) is 12.7 Å². The first-order valence-electron chi connectivity index (χ1n) is 10.1. The van der Waals surface area contributed by atoms with Gasteiger partial charge in [-0.15, -0.1) is 0 Å². The summed E-state index contributed by atoms with van der Waals surface area (Å²) < 4.78 is 11.8. The van der Waals surface area contributed by atoms with E-state index in [9.17, 15) is 4.79 Å². The summed E-state index contributed by atoms with van der Waals surface area (Å²) in [6.07, 6.45) is 3.41. The molecular weight excluding hydrogens is 398 g/mol. The smallest absolute Gasteiger partial charge is 0.252 e. The van der Waals surface area contributed by atoms with E-state index in [1.165, 1.54) is 0 Å². The number of ether oxygens (including phenoxy) is 2. The lowest BCUT2D eigenvalue weighted by Crippen LogP contribution is -2.38. The second-order valence-electron chi connectivity index (χ2n) is 6.93. The maximum Gasteiger partial charge on any atom is 0.252 e. The Morgan fingerprint density at radius 3 is 2.70 bits per heavy atom. The average molecular weight is 424 g/mol. The lowest BCUT2D eigenvalue weighted by Gasteiger charge is -2.23. The summed E-state index contributed by atoms with van der Waals surface area (Å²) >= 11 is 1.54. The molecule has 0 fully saturated rings. The van der Waals surface area contributed by atoms with Gasteiger partial charge < -0.3 is 14.4 Å². The molecule has 0 radical (unpaired) electrons. The topological polar surface area (TPSA) is 54.9 Å². The van der Waals surface area contributed by atoms with Gasteiger partial charge in [0.05, 0.1) is 10.2 Å². The van der Waals surface area contributed by atoms with Crippen LogP contribution in [-0.4, -0.2) is 48.8 Å². The molecule has 0 N–H and O–H groups in total. The third-order valence-electron chi connectivity index (χ3n) is 5.13. The van der Waals surface area contributed by atoms with Gasteiger partial charge in [0.1, 0.15) is 0 Å². The van der Waals surface area contributed by atoms with Gasteiger partial charge in [-0.2, -0.15) is 0 Å². The summed E-state index contributed by atoms with van der Waals surface area (Å²) in [7, 11) is 0. The van der Waals surface area contributed by atoms with Crippen molar-refractivity contribution in [3.63, 3.8) is 0 Å². The predicted octanol–water partition coefficient (Wildman–Crippen LogP) is 4.41. The van der Waals surface area contributed by atoms with Crippen LogP contribution in [0, 0.1) is 0 Å². The largest absolute Gasteiger partial charge is 0.454 e. The third-order valence-corrected chi connectivity index (χ3v) is 6.19. The zero-order valence-corrected chi connectivity index (χ0v) is 18.0. The van der Waals surface area contributed by atoms with Gasteiger partial charge in [0.15, 0.2) is 16.6 Å². The Labute approximate surface area is 180 Å². The van der Waals surface area contributed by atoms with Gasteiger partial charge in [-0.3, -0.25) is 9.69 Å². The van der Waals surface area contributed by atoms with Gasteiger partial charge in [0.2, 0.25) is 6.79 Å². The molecule has 2 heterocycles. The summed E-state index contributed by atoms with van der Waals surface area (Å²) in [5, 5.41) is 0.726. The van der Waals surface area contributed by atoms with Gasteiger partial charge in [-0.25, -0.2) is 4.98 Å². The Kier molecular flexibility index (Phi) is 6.30. The fraction of sp³-hybridized carbons (Fsp3) is 0.304. The highest BCUT2D eigenvalue weighted by Crippen LogP contribution is 2.33. The molecule has 0 saturated heterocycles. The molecule has 0 unspecified atom stereocenters. The highest BCUT2D eigenvalue weighted by molar-refractivity contribution is 7.22. The lowest BCUT2D eigenvalue weighted by atomic mass is 10.2. The van der Waals surface area contributed by atoms with E-state index in [1.807, 2.05) is 48.5 Å². The Bertz CT molecular complexity index is 1030. The molecular formula is C23H25N3O3S. The number of amides is 1. The number of thiazole rings is 1. The molecule has 30 heavy (non-hydrogen) atoms. The maximum atomic E-state index is 13.1. The van der Waals surface area contributed by atoms with Crippen molar-refractivity contribution in [2.75, 3.05) is 37.9 Å². The SMILES string of the molecule is CCN(CC)CCN(C(=O)C=Cc1ccc2c(c1)OCO2)c1nc2ccccc2s1. The van der Waals surface area contributed by atoms with Crippen LogP contribution in [0.5, 0.6) is 11.5 Å². The molecule has 4 rings (SSSR count). The van der Waals surface area contributed by atoms with Crippen LogP contribution < -0.4 is 14.4 Å². The molecule has 2 aromatic carbocycles. The number of rotatable bonds is 8. The van der Waals surface area contributed by atoms with Crippen LogP contribution in [0.25, 0.3) is 16.3 Å². The van der Waals surface area contributed by atoms with Gasteiger partial charge in [0, 0.05) is 19.2 Å². The number of nitrogens with zero attached hydrogens (tertiary/aromatic N) is 3. The van der Waals surface area contributed by atoms with Crippen LogP contribution in [0.2, 0.25) is 0 Å². The standard InChI is InChI=1S/C23H25N3O3S/c1-3-25(4-2)13-14-26(23-24-18-7-5-6-8-21(18)30-23)22(27)12-10-17-9-11-19-20(15-17)29-16-28-19/h5-12,15H,3-4,13-14,16H2,1-2H3. The number of benzene rings is 2. The minimum Gasteiger partial charge on any atom is -0.454 e. The van der Waals surface area contributed by atoms with Crippen LogP contribution in [0.4, 0.5) is 5.13 Å². The van der Waals surface area contributed by atoms with Crippen LogP contribution in [0.1, 0.15) is 19.4 Å². The predicted molar refractivity (Wildman–Crippen MR) is 121 cm³/mol. The first-order valence-corrected chi connectivity index (χ1v) is 11.0. The molecule has 0 atom stereocenters. The second kappa shape index (κ2) is 9.28. The summed E-state index contributed by atoms with van der Waals surface area (Å²) in [4.78, 5) is 21.9. The number of anilines is 1. The summed E-state index contributed by atoms with van der Waals surface area (Å²) in [5.41, 5.74) is 1.80. The summed E-state index contributed by atoms with van der Waals surface area (Å²) in [6, 6.07) is 13.6. The number of aromatic nitrogens is 1. The van der Waals surface area contributed by atoms with E-state index in [0.717, 1.165) is 46.3 Å². The number of carbonyl (C=O) groups is 1. The second-order valence-corrected chi connectivity index (χ2v) is 7.94. The van der Waals surface area contributed by atoms with Crippen molar-refractivity contribution in [3.05, 3.63) is 54.1 Å². The molecule has 1 aromatic heterocycles. The molecule has 1 amide bonds. The third kappa shape index (κ3) is 4.47. The zero-order chi connectivity index (χ0) is 20.9. The number of hydrogen-bond acceptors (Lipinski definition) is 6. The van der Waals surface area contributed by atoms with E-state index in [4.69, 9.17) is 14.5 Å². The Morgan fingerprint density at radius 1 is 1.10 bits per heavy atom. The van der Waals surface area contributed by atoms with E-state index >= 15 is 0 Å². The minimum atomic E-state index is -0.0844. The number of likely N-dealkylation sites (N-methyl/N-ethyl adjacent to an activating group) is 1. The number of hydrogen-bond donors (Lipinski definition) is 0. The van der Waals surface area contributed by atoms with Gasteiger partial charge >= 0.3 is 0 Å². The molecule has 0 bridgehead atoms. The molecule has 7 heteroatoms. The molecule has 1 aliphatic rings. The van der Waals surface area contributed by atoms with Gasteiger partial charge in [-0.05, 0) is 49.0 Å². The molecule has 6 nitrogen and oxygen atoms in total. The maximum absolute atomic E-state index is 13.1. The van der Waals surface area contributed by atoms with Crippen LogP contribution in [0.15, 0.2) is 48.5 Å². The number of para-hydroxylation sites is 1. The van der Waals surface area contributed by atoms with Gasteiger partial charge in [0.25, 0.3) is 5.91 Å². The Balaban J connectivity index is 1.56. The van der Waals surface area contributed by atoms with Crippen molar-refractivity contribution in [1.82, 2.24) is 9.88 Å². The molecule has 3 aromatic rings. The monoisotopic (exact) mass is 423 g/mol. The van der Waals surface area contributed by atoms with Crippen molar-refractivity contribution in [3.8, 4) is 11.5 Å². The Hall–Kier alpha value is -2.90. The molecule has 0 saturated carbocycles. The van der Waals surface area contributed by atoms with E-state index < -0.39 is 0 Å². The summed E-state index contributed by atoms with van der Waals surface area (Å²) in [6.45, 7) is 7.78. The van der Waals surface area contributed by atoms with Crippen LogP contribution in [-0.2, 0) is 4.79 Å². The fourth-order valence-corrected chi connectivity index (χ4v) is 4.33. The molecule has 0 spiro atoms. The zero-order valence-electron chi connectivity index (χ0n) is 17.2. The average Bonchev–Trinajstić information content (AvgIpc) is 3.41. The minimum absolute atomic E-state index is 0.0844. The summed E-state index contributed by atoms with van der Waals surface area (Å²) in [5.74, 6) is 1.35. The molecule has 0 aliphatic carbocycles. The van der Waals surface area contributed by atoms with Crippen molar-refractivity contribution >= 4 is 38.7 Å². The molecule has 156 valence electrons. The first-order chi connectivity index (χ1) is 14.7. The fourth-order valence-electron chi connectivity index (χ4n) is 3.33. The van der Waals surface area contributed by atoms with Crippen molar-refractivity contribution in [1.29, 1.82) is 0 Å². The lowest BCUT2D eigenvalue weighted by molar-refractivity contribution is -0.114. The van der Waals surface area contributed by atoms with E-state index in [1.54, 1.807) is 22.3 Å². The van der Waals surface area contributed by atoms with Gasteiger partial charge in [-0.1, -0.05) is 43.4 Å². The first kappa shape index (κ1) is 20.4. The number of carbonyl (C=O) groups excluding carboxylic acids is 1. The van der Waals surface area contributed by atoms with E-state index in [2.05, 4.69) is 18.7 Å². The highest BCUT2D eigenvalue weighted by Gasteiger charge is 2.19. The highest BCUT2D eigenvalue weighted by atomic mass is 32.1. The normalized spacial score (nSPS) is 12.9. The van der Waals surface area contributed by atoms with Crippen molar-refractivity contribution < 1.29 is 14.3 Å². The van der Waals surface area contributed by atoms with Crippen LogP contribution >= 0.6 is 11.3 Å². The quantitative estimate of drug-likeness (QED) is 0.502. The van der Waals surface area contributed by atoms with E-state index in [0.29, 0.717) is 12.3 Å². The number of fused-ring (bicyclic) bond motifs is 2. The molecule has 1 aliphatic heterocycles.